The van der Waals surface area contributed by atoms with Gasteiger partial charge in [0.15, 0.2) is 0 Å². The van der Waals surface area contributed by atoms with Gasteiger partial charge in [0.05, 0.1) is 23.0 Å². The Bertz CT molecular complexity index is 1690. The van der Waals surface area contributed by atoms with E-state index in [9.17, 15) is 33.3 Å². The summed E-state index contributed by atoms with van der Waals surface area (Å²) < 4.78 is 43.4. The Labute approximate surface area is 265 Å². The number of thioether (sulfide) groups is 1. The molecule has 1 heterocycles. The van der Waals surface area contributed by atoms with E-state index >= 15 is 0 Å². The highest BCUT2D eigenvalue weighted by Gasteiger charge is 2.37. The number of amides is 1. The maximum absolute atomic E-state index is 13.8. The van der Waals surface area contributed by atoms with Crippen LogP contribution in [0.5, 0.6) is 0 Å². The van der Waals surface area contributed by atoms with Crippen LogP contribution in [0.4, 0.5) is 13.2 Å². The molecule has 1 aliphatic carbocycles. The summed E-state index contributed by atoms with van der Waals surface area (Å²) in [6.07, 6.45) is -2.70. The Kier molecular flexibility index (Phi) is 9.01. The highest BCUT2D eigenvalue weighted by Crippen LogP contribution is 2.42. The fourth-order valence-electron chi connectivity index (χ4n) is 5.00. The number of hydrogen-bond acceptors (Lipinski definition) is 5. The van der Waals surface area contributed by atoms with E-state index in [0.29, 0.717) is 38.9 Å². The van der Waals surface area contributed by atoms with Gasteiger partial charge in [-0.15, -0.1) is 11.8 Å². The second-order valence-electron chi connectivity index (χ2n) is 10.9. The number of carbonyl (C=O) groups is 1. The predicted octanol–water partition coefficient (Wildman–Crippen LogP) is 4.59. The molecule has 3 aromatic carbocycles. The molecule has 4 N–H and O–H groups in total. The molecular weight excluding hydrogens is 609 g/mol. The van der Waals surface area contributed by atoms with Crippen LogP contribution in [0.2, 0.25) is 5.02 Å². The molecule has 5 rings (SSSR count). The second kappa shape index (κ2) is 12.2. The third kappa shape index (κ3) is 7.02. The van der Waals surface area contributed by atoms with Gasteiger partial charge in [-0.25, -0.2) is 0 Å². The number of benzene rings is 3. The molecular formula is C30H25B3ClF3N2O4S. The summed E-state index contributed by atoms with van der Waals surface area (Å²) in [4.78, 5) is 11.3. The van der Waals surface area contributed by atoms with Crippen molar-refractivity contribution in [2.45, 2.75) is 52.7 Å². The molecule has 1 saturated carbocycles. The van der Waals surface area contributed by atoms with Crippen LogP contribution in [-0.2, 0) is 12.6 Å². The van der Waals surface area contributed by atoms with E-state index < -0.39 is 40.5 Å². The van der Waals surface area contributed by atoms with Crippen molar-refractivity contribution in [3.63, 3.8) is 0 Å². The number of nitrogens with one attached hydrogen (secondary N) is 1. The van der Waals surface area contributed by atoms with E-state index in [-0.39, 0.29) is 23.0 Å². The summed E-state index contributed by atoms with van der Waals surface area (Å²) in [5.74, 6) is -0.463. The van der Waals surface area contributed by atoms with Crippen molar-refractivity contribution < 1.29 is 33.3 Å². The van der Waals surface area contributed by atoms with E-state index in [0.717, 1.165) is 24.4 Å². The van der Waals surface area contributed by atoms with Crippen LogP contribution in [0.3, 0.4) is 0 Å². The van der Waals surface area contributed by atoms with Crippen molar-refractivity contribution in [1.29, 1.82) is 0 Å². The van der Waals surface area contributed by atoms with Crippen molar-refractivity contribution >= 4 is 63.7 Å². The zero-order valence-electron chi connectivity index (χ0n) is 23.2. The number of rotatable bonds is 10. The summed E-state index contributed by atoms with van der Waals surface area (Å²) in [6, 6.07) is 16.4. The van der Waals surface area contributed by atoms with Gasteiger partial charge in [-0.1, -0.05) is 29.8 Å². The fraction of sp³-hybridized carbons (Fsp3) is 0.300. The van der Waals surface area contributed by atoms with Crippen LogP contribution in [0, 0.1) is 0 Å². The smallest absolute Gasteiger partial charge is 0.406 e. The molecule has 0 bridgehead atoms. The van der Waals surface area contributed by atoms with Crippen molar-refractivity contribution in [2.24, 2.45) is 0 Å². The summed E-state index contributed by atoms with van der Waals surface area (Å²) in [6.45, 7) is -0.419. The highest BCUT2D eigenvalue weighted by atomic mass is 35.5. The summed E-state index contributed by atoms with van der Waals surface area (Å²) in [5, 5.41) is 30.7. The summed E-state index contributed by atoms with van der Waals surface area (Å²) >= 11 is 6.49. The first-order chi connectivity index (χ1) is 20.6. The number of halogens is 4. The lowest BCUT2D eigenvalue weighted by molar-refractivity contribution is -0.138. The molecule has 44 heavy (non-hydrogen) atoms. The number of aliphatic hydroxyl groups is 3. The Hall–Kier alpha value is -2.83. The van der Waals surface area contributed by atoms with E-state index in [4.69, 9.17) is 35.1 Å². The van der Waals surface area contributed by atoms with Crippen LogP contribution in [-0.4, -0.2) is 66.2 Å². The quantitative estimate of drug-likeness (QED) is 0.116. The van der Waals surface area contributed by atoms with E-state index in [1.54, 1.807) is 42.5 Å². The fourth-order valence-corrected chi connectivity index (χ4v) is 5.97. The number of aliphatic hydroxyl groups excluding tert-OH is 1. The van der Waals surface area contributed by atoms with Gasteiger partial charge in [-0.3, -0.25) is 4.79 Å². The molecule has 2 atom stereocenters. The Balaban J connectivity index is 1.37. The topological polar surface area (TPSA) is 94.7 Å². The maximum atomic E-state index is 13.8. The monoisotopic (exact) mass is 634 g/mol. The number of carbonyl (C=O) groups excluding carboxylic acids is 1. The molecule has 4 aromatic rings. The Morgan fingerprint density at radius 2 is 1.70 bits per heavy atom. The Morgan fingerprint density at radius 1 is 1.02 bits per heavy atom. The third-order valence-corrected chi connectivity index (χ3v) is 8.84. The molecule has 2 unspecified atom stereocenters. The van der Waals surface area contributed by atoms with Crippen molar-refractivity contribution in [3.05, 3.63) is 99.7 Å². The SMILES string of the molecule is [B]C([B])(O)C([B])(O)Sc1ccc(C(CO)NC(=O)c2ccc3c(c2)cc(Cc2ccc(Cl)cc2C(F)(F)F)n3C2CC2)cc1. The summed E-state index contributed by atoms with van der Waals surface area (Å²) in [5.41, 5.74) is 1.70. The predicted molar refractivity (Wildman–Crippen MR) is 166 cm³/mol. The van der Waals surface area contributed by atoms with Crippen LogP contribution < -0.4 is 5.32 Å². The van der Waals surface area contributed by atoms with Gasteiger partial charge in [0, 0.05) is 49.9 Å². The van der Waals surface area contributed by atoms with Crippen molar-refractivity contribution in [3.8, 4) is 0 Å². The van der Waals surface area contributed by atoms with Crippen molar-refractivity contribution in [1.82, 2.24) is 9.88 Å². The maximum Gasteiger partial charge on any atom is 0.416 e. The molecule has 1 amide bonds. The number of hydrogen-bond donors (Lipinski definition) is 4. The molecule has 6 nitrogen and oxygen atoms in total. The number of nitrogens with zero attached hydrogens (tertiary/aromatic N) is 1. The van der Waals surface area contributed by atoms with Crippen LogP contribution in [0.1, 0.15) is 57.7 Å². The van der Waals surface area contributed by atoms with Gasteiger partial charge in [0.2, 0.25) is 0 Å². The van der Waals surface area contributed by atoms with Crippen LogP contribution >= 0.6 is 23.4 Å². The first-order valence-corrected chi connectivity index (χ1v) is 14.8. The average Bonchev–Trinajstić information content (AvgIpc) is 3.71. The second-order valence-corrected chi connectivity index (χ2v) is 12.6. The number of alkyl halides is 3. The molecule has 1 fully saturated rings. The van der Waals surface area contributed by atoms with Gasteiger partial charge >= 0.3 is 6.18 Å². The van der Waals surface area contributed by atoms with E-state index in [1.165, 1.54) is 12.1 Å². The lowest BCUT2D eigenvalue weighted by Gasteiger charge is -2.37. The molecule has 0 aliphatic heterocycles. The first kappa shape index (κ1) is 32.6. The highest BCUT2D eigenvalue weighted by molar-refractivity contribution is 8.01. The lowest BCUT2D eigenvalue weighted by atomic mass is 9.56. The van der Waals surface area contributed by atoms with Gasteiger partial charge < -0.3 is 25.2 Å². The third-order valence-electron chi connectivity index (χ3n) is 7.46. The molecule has 1 aromatic heterocycles. The van der Waals surface area contributed by atoms with E-state index in [2.05, 4.69) is 5.32 Å². The summed E-state index contributed by atoms with van der Waals surface area (Å²) in [7, 11) is 16.2. The van der Waals surface area contributed by atoms with Gasteiger partial charge in [0.25, 0.3) is 5.91 Å². The zero-order chi connectivity index (χ0) is 32.0. The van der Waals surface area contributed by atoms with Crippen LogP contribution in [0.15, 0.2) is 71.6 Å². The van der Waals surface area contributed by atoms with Gasteiger partial charge in [-0.2, -0.15) is 13.2 Å². The normalized spacial score (nSPS) is 16.1. The number of fused-ring (bicyclic) bond motifs is 1. The molecule has 0 spiro atoms. The lowest BCUT2D eigenvalue weighted by Crippen LogP contribution is -2.53. The standard InChI is InChI=1S/C30H25B3ClF3N2O4S/c31-29(32,42)30(33,43)44-23-8-2-16(3-9-23)25(15-40)38-27(41)18-4-10-26-19(11-18)13-22(39(26)21-6-7-21)12-17-1-5-20(34)14-24(17)28(35,36)37/h1-5,8-11,13-14,21,25,40,42-43H,6-7,12,15H2,(H,38,41). The minimum Gasteiger partial charge on any atom is -0.406 e. The molecule has 14 heteroatoms. The molecule has 0 saturated heterocycles. The van der Waals surface area contributed by atoms with E-state index in [1.807, 2.05) is 10.6 Å². The van der Waals surface area contributed by atoms with Gasteiger partial charge in [0.1, 0.15) is 23.5 Å². The molecule has 1 aliphatic rings. The Morgan fingerprint density at radius 3 is 2.30 bits per heavy atom. The number of aromatic nitrogens is 1. The van der Waals surface area contributed by atoms with Crippen LogP contribution in [0.25, 0.3) is 10.9 Å². The average molecular weight is 634 g/mol. The zero-order valence-corrected chi connectivity index (χ0v) is 24.8. The minimum atomic E-state index is -4.56. The molecule has 222 valence electrons. The largest absolute Gasteiger partial charge is 0.416 e. The minimum absolute atomic E-state index is 0.00849. The van der Waals surface area contributed by atoms with Crippen molar-refractivity contribution in [2.75, 3.05) is 6.61 Å². The first-order valence-electron chi connectivity index (χ1n) is 13.6. The van der Waals surface area contributed by atoms with Gasteiger partial charge in [-0.05, 0) is 72.5 Å². The molecule has 6 radical (unpaired) electrons.